The number of aliphatic carboxylic acids is 1. The number of hydrogen-bond acceptors (Lipinski definition) is 4. The van der Waals surface area contributed by atoms with Crippen molar-refractivity contribution in [3.63, 3.8) is 0 Å². The van der Waals surface area contributed by atoms with Crippen molar-refractivity contribution in [3.8, 4) is 0 Å². The first-order valence-corrected chi connectivity index (χ1v) is 9.08. The lowest BCUT2D eigenvalue weighted by molar-refractivity contribution is -0.145. The molecule has 1 aliphatic rings. The van der Waals surface area contributed by atoms with Gasteiger partial charge < -0.3 is 10.0 Å². The SMILES string of the molecule is O=C(c1n[nH]c(=O)c2ccccc12)N1CCC(C(=O)O)(c2ccccc2)CC1. The topological polar surface area (TPSA) is 103 Å². The van der Waals surface area contributed by atoms with Gasteiger partial charge in [-0.2, -0.15) is 5.10 Å². The Balaban J connectivity index is 1.62. The highest BCUT2D eigenvalue weighted by molar-refractivity contribution is 6.04. The summed E-state index contributed by atoms with van der Waals surface area (Å²) in [5.74, 6) is -1.18. The van der Waals surface area contributed by atoms with Crippen molar-refractivity contribution in [2.24, 2.45) is 0 Å². The van der Waals surface area contributed by atoms with Crippen LogP contribution < -0.4 is 5.56 Å². The van der Waals surface area contributed by atoms with Gasteiger partial charge in [-0.15, -0.1) is 0 Å². The van der Waals surface area contributed by atoms with Crippen molar-refractivity contribution in [3.05, 3.63) is 76.2 Å². The van der Waals surface area contributed by atoms with E-state index >= 15 is 0 Å². The van der Waals surface area contributed by atoms with Crippen LogP contribution in [0.15, 0.2) is 59.4 Å². The number of nitrogens with zero attached hydrogens (tertiary/aromatic N) is 2. The molecule has 1 saturated heterocycles. The highest BCUT2D eigenvalue weighted by atomic mass is 16.4. The summed E-state index contributed by atoms with van der Waals surface area (Å²) in [6, 6.07) is 16.0. The molecular formula is C21H19N3O4. The first-order chi connectivity index (χ1) is 13.5. The van der Waals surface area contributed by atoms with Gasteiger partial charge in [0.05, 0.1) is 10.8 Å². The van der Waals surface area contributed by atoms with Crippen LogP contribution in [0.3, 0.4) is 0 Å². The van der Waals surface area contributed by atoms with E-state index in [2.05, 4.69) is 10.2 Å². The zero-order valence-corrected chi connectivity index (χ0v) is 15.1. The summed E-state index contributed by atoms with van der Waals surface area (Å²) in [5, 5.41) is 17.1. The Morgan fingerprint density at radius 2 is 1.57 bits per heavy atom. The Labute approximate surface area is 160 Å². The van der Waals surface area contributed by atoms with Crippen molar-refractivity contribution >= 4 is 22.6 Å². The largest absolute Gasteiger partial charge is 0.481 e. The highest BCUT2D eigenvalue weighted by Gasteiger charge is 2.44. The number of carbonyl (C=O) groups is 2. The zero-order valence-electron chi connectivity index (χ0n) is 15.1. The molecule has 7 heteroatoms. The number of hydrogen-bond donors (Lipinski definition) is 2. The van der Waals surface area contributed by atoms with Gasteiger partial charge in [0.1, 0.15) is 0 Å². The normalized spacial score (nSPS) is 16.1. The second-order valence-electron chi connectivity index (χ2n) is 6.99. The minimum Gasteiger partial charge on any atom is -0.481 e. The zero-order chi connectivity index (χ0) is 19.7. The number of H-pyrrole nitrogens is 1. The third-order valence-corrected chi connectivity index (χ3v) is 5.54. The lowest BCUT2D eigenvalue weighted by Gasteiger charge is -2.39. The number of carboxylic acid groups (broad SMARTS) is 1. The molecule has 0 bridgehead atoms. The smallest absolute Gasteiger partial charge is 0.314 e. The summed E-state index contributed by atoms with van der Waals surface area (Å²) in [5.41, 5.74) is -0.418. The second kappa shape index (κ2) is 6.92. The fraction of sp³-hybridized carbons (Fsp3) is 0.238. The minimum atomic E-state index is -1.00. The fourth-order valence-electron chi connectivity index (χ4n) is 3.90. The van der Waals surface area contributed by atoms with E-state index in [1.165, 1.54) is 0 Å². The molecule has 4 rings (SSSR count). The molecule has 1 amide bonds. The van der Waals surface area contributed by atoms with Gasteiger partial charge in [-0.3, -0.25) is 14.4 Å². The molecule has 0 aliphatic carbocycles. The Morgan fingerprint density at radius 1 is 0.964 bits per heavy atom. The number of fused-ring (bicyclic) bond motifs is 1. The number of nitrogens with one attached hydrogen (secondary N) is 1. The molecule has 28 heavy (non-hydrogen) atoms. The lowest BCUT2D eigenvalue weighted by Crippen LogP contribution is -2.49. The Bertz CT molecular complexity index is 1100. The molecule has 2 N–H and O–H groups in total. The molecule has 0 saturated carbocycles. The molecule has 2 aromatic carbocycles. The van der Waals surface area contributed by atoms with Crippen LogP contribution >= 0.6 is 0 Å². The van der Waals surface area contributed by atoms with Crippen LogP contribution in [-0.4, -0.2) is 45.2 Å². The van der Waals surface area contributed by atoms with Crippen molar-refractivity contribution in [1.82, 2.24) is 15.1 Å². The molecule has 1 aliphatic heterocycles. The Morgan fingerprint density at radius 3 is 2.21 bits per heavy atom. The quantitative estimate of drug-likeness (QED) is 0.728. The van der Waals surface area contributed by atoms with Crippen LogP contribution in [0.4, 0.5) is 0 Å². The van der Waals surface area contributed by atoms with Crippen LogP contribution in [0, 0.1) is 0 Å². The van der Waals surface area contributed by atoms with Gasteiger partial charge in [0.15, 0.2) is 5.69 Å². The number of amides is 1. The molecule has 3 aromatic rings. The van der Waals surface area contributed by atoms with E-state index in [1.54, 1.807) is 29.2 Å². The van der Waals surface area contributed by atoms with E-state index in [-0.39, 0.29) is 17.2 Å². The Hall–Kier alpha value is -3.48. The predicted octanol–water partition coefficient (Wildman–Crippen LogP) is 2.18. The van der Waals surface area contributed by atoms with E-state index in [4.69, 9.17) is 0 Å². The number of aromatic amines is 1. The number of aromatic nitrogens is 2. The monoisotopic (exact) mass is 377 g/mol. The number of carboxylic acids is 1. The van der Waals surface area contributed by atoms with Crippen LogP contribution in [0.25, 0.3) is 10.8 Å². The van der Waals surface area contributed by atoms with Gasteiger partial charge in [0, 0.05) is 18.5 Å². The second-order valence-corrected chi connectivity index (χ2v) is 6.99. The van der Waals surface area contributed by atoms with Crippen molar-refractivity contribution in [2.45, 2.75) is 18.3 Å². The van der Waals surface area contributed by atoms with Crippen LogP contribution in [0.2, 0.25) is 0 Å². The van der Waals surface area contributed by atoms with Gasteiger partial charge in [0.25, 0.3) is 11.5 Å². The summed E-state index contributed by atoms with van der Waals surface area (Å²) in [6.45, 7) is 0.602. The van der Waals surface area contributed by atoms with Gasteiger partial charge in [0.2, 0.25) is 0 Å². The van der Waals surface area contributed by atoms with E-state index in [1.807, 2.05) is 30.3 Å². The van der Waals surface area contributed by atoms with Crippen molar-refractivity contribution in [1.29, 1.82) is 0 Å². The number of rotatable bonds is 3. The summed E-state index contributed by atoms with van der Waals surface area (Å²) in [4.78, 5) is 38.7. The lowest BCUT2D eigenvalue weighted by atomic mass is 9.73. The Kier molecular flexibility index (Phi) is 4.43. The minimum absolute atomic E-state index is 0.178. The number of likely N-dealkylation sites (tertiary alicyclic amines) is 1. The molecule has 0 radical (unpaired) electrons. The number of benzene rings is 2. The maximum atomic E-state index is 13.0. The van der Waals surface area contributed by atoms with E-state index in [0.717, 1.165) is 5.56 Å². The van der Waals surface area contributed by atoms with Gasteiger partial charge in [-0.25, -0.2) is 5.10 Å². The van der Waals surface area contributed by atoms with Crippen LogP contribution in [0.1, 0.15) is 28.9 Å². The summed E-state index contributed by atoms with van der Waals surface area (Å²) in [6.07, 6.45) is 0.638. The molecule has 0 atom stereocenters. The molecule has 142 valence electrons. The molecule has 1 aromatic heterocycles. The maximum absolute atomic E-state index is 13.0. The van der Waals surface area contributed by atoms with E-state index in [0.29, 0.717) is 36.7 Å². The third-order valence-electron chi connectivity index (χ3n) is 5.54. The van der Waals surface area contributed by atoms with Crippen LogP contribution in [0.5, 0.6) is 0 Å². The molecule has 1 fully saturated rings. The van der Waals surface area contributed by atoms with Crippen molar-refractivity contribution < 1.29 is 14.7 Å². The maximum Gasteiger partial charge on any atom is 0.314 e. The first kappa shape index (κ1) is 17.9. The highest BCUT2D eigenvalue weighted by Crippen LogP contribution is 2.36. The average molecular weight is 377 g/mol. The number of carbonyl (C=O) groups excluding carboxylic acids is 1. The summed E-state index contributed by atoms with van der Waals surface area (Å²) >= 11 is 0. The standard InChI is InChI=1S/C21H19N3O4/c25-18-16-9-5-4-8-15(16)17(22-23-18)19(26)24-12-10-21(11-13-24,20(27)28)14-6-2-1-3-7-14/h1-9H,10-13H2,(H,23,25)(H,27,28). The van der Waals surface area contributed by atoms with Crippen LogP contribution in [-0.2, 0) is 10.2 Å². The molecule has 7 nitrogen and oxygen atoms in total. The fourth-order valence-corrected chi connectivity index (χ4v) is 3.90. The van der Waals surface area contributed by atoms with Crippen molar-refractivity contribution in [2.75, 3.05) is 13.1 Å². The molecule has 0 unspecified atom stereocenters. The van der Waals surface area contributed by atoms with Gasteiger partial charge in [-0.1, -0.05) is 48.5 Å². The summed E-state index contributed by atoms with van der Waals surface area (Å²) in [7, 11) is 0. The van der Waals surface area contributed by atoms with E-state index in [9.17, 15) is 19.5 Å². The average Bonchev–Trinajstić information content (AvgIpc) is 2.74. The van der Waals surface area contributed by atoms with Gasteiger partial charge in [-0.05, 0) is 24.5 Å². The van der Waals surface area contributed by atoms with Gasteiger partial charge >= 0.3 is 5.97 Å². The molecule has 0 spiro atoms. The number of piperidine rings is 1. The molecular weight excluding hydrogens is 358 g/mol. The predicted molar refractivity (Wildman–Crippen MR) is 103 cm³/mol. The summed E-state index contributed by atoms with van der Waals surface area (Å²) < 4.78 is 0. The third kappa shape index (κ3) is 2.85. The first-order valence-electron chi connectivity index (χ1n) is 9.08. The molecule has 2 heterocycles. The van der Waals surface area contributed by atoms with E-state index < -0.39 is 11.4 Å².